The number of ether oxygens (including phenoxy) is 2. The number of benzene rings is 1. The summed E-state index contributed by atoms with van der Waals surface area (Å²) in [5.41, 5.74) is 0.290. The van der Waals surface area contributed by atoms with Crippen LogP contribution in [-0.4, -0.2) is 54.5 Å². The summed E-state index contributed by atoms with van der Waals surface area (Å²) in [6.07, 6.45) is 2.93. The van der Waals surface area contributed by atoms with Crippen LogP contribution in [0.5, 0.6) is 5.75 Å². The van der Waals surface area contributed by atoms with Gasteiger partial charge in [0.2, 0.25) is 0 Å². The Labute approximate surface area is 140 Å². The van der Waals surface area contributed by atoms with Crippen molar-refractivity contribution in [3.05, 3.63) is 24.0 Å². The molecule has 6 nitrogen and oxygen atoms in total. The molecule has 0 aromatic heterocycles. The van der Waals surface area contributed by atoms with Gasteiger partial charge in [-0.15, -0.1) is 0 Å². The highest BCUT2D eigenvalue weighted by Crippen LogP contribution is 2.27. The van der Waals surface area contributed by atoms with Crippen LogP contribution >= 0.6 is 0 Å². The van der Waals surface area contributed by atoms with Crippen LogP contribution in [-0.2, 0) is 4.74 Å². The predicted molar refractivity (Wildman–Crippen MR) is 86.7 cm³/mol. The van der Waals surface area contributed by atoms with Crippen molar-refractivity contribution in [3.63, 3.8) is 0 Å². The second kappa shape index (κ2) is 7.81. The van der Waals surface area contributed by atoms with Crippen molar-refractivity contribution in [1.29, 1.82) is 0 Å². The third-order valence-electron chi connectivity index (χ3n) is 4.32. The van der Waals surface area contributed by atoms with Gasteiger partial charge in [0.05, 0.1) is 17.9 Å². The zero-order valence-corrected chi connectivity index (χ0v) is 13.5. The maximum atomic E-state index is 13.6. The Kier molecular flexibility index (Phi) is 5.52. The molecule has 2 amide bonds. The maximum Gasteiger partial charge on any atom is 0.322 e. The first-order valence-electron chi connectivity index (χ1n) is 8.40. The number of aliphatic hydroxyl groups excluding tert-OH is 1. The Hall–Kier alpha value is -1.86. The van der Waals surface area contributed by atoms with E-state index in [0.29, 0.717) is 25.3 Å². The molecule has 2 saturated heterocycles. The number of nitrogens with one attached hydrogen (secondary N) is 1. The predicted octanol–water partition coefficient (Wildman–Crippen LogP) is 2.37. The number of amides is 2. The molecule has 1 aromatic rings. The average molecular weight is 338 g/mol. The number of nitrogens with zero attached hydrogens (tertiary/aromatic N) is 1. The second-order valence-corrected chi connectivity index (χ2v) is 6.26. The van der Waals surface area contributed by atoms with Crippen LogP contribution in [0, 0.1) is 5.82 Å². The normalized spacial score (nSPS) is 24.0. The van der Waals surface area contributed by atoms with Gasteiger partial charge in [0, 0.05) is 25.8 Å². The van der Waals surface area contributed by atoms with Gasteiger partial charge >= 0.3 is 6.03 Å². The molecule has 2 aliphatic heterocycles. The van der Waals surface area contributed by atoms with E-state index in [9.17, 15) is 14.3 Å². The number of carbonyl (C=O) groups is 1. The van der Waals surface area contributed by atoms with Gasteiger partial charge in [0.25, 0.3) is 0 Å². The van der Waals surface area contributed by atoms with Crippen LogP contribution in [0.25, 0.3) is 0 Å². The lowest BCUT2D eigenvalue weighted by Gasteiger charge is -2.30. The summed E-state index contributed by atoms with van der Waals surface area (Å²) in [5, 5.41) is 12.4. The van der Waals surface area contributed by atoms with Crippen molar-refractivity contribution >= 4 is 11.7 Å². The van der Waals surface area contributed by atoms with E-state index < -0.39 is 11.9 Å². The summed E-state index contributed by atoms with van der Waals surface area (Å²) in [6.45, 7) is 1.97. The molecule has 0 radical (unpaired) electrons. The number of hydrogen-bond acceptors (Lipinski definition) is 4. The minimum Gasteiger partial charge on any atom is -0.489 e. The molecule has 2 atom stereocenters. The quantitative estimate of drug-likeness (QED) is 0.884. The molecule has 1 aromatic carbocycles. The molecule has 2 heterocycles. The van der Waals surface area contributed by atoms with Crippen LogP contribution in [0.1, 0.15) is 25.7 Å². The number of halogens is 1. The van der Waals surface area contributed by atoms with E-state index in [2.05, 4.69) is 5.32 Å². The SMILES string of the molecule is O=C(Nc1cc(F)ccc1OC[C@H]1CCCO1)N1CCC[C@H](O)C1. The number of piperidine rings is 1. The first kappa shape index (κ1) is 17.0. The highest BCUT2D eigenvalue weighted by molar-refractivity contribution is 5.91. The van der Waals surface area contributed by atoms with E-state index in [1.54, 1.807) is 0 Å². The first-order valence-corrected chi connectivity index (χ1v) is 8.40. The standard InChI is InChI=1S/C17H23FN2O4/c18-12-5-6-16(24-11-14-4-2-8-23-14)15(9-12)19-17(22)20-7-1-3-13(21)10-20/h5-6,9,13-14,21H,1-4,7-8,10-11H2,(H,19,22)/t13-,14+/m0/s1. The summed E-state index contributed by atoms with van der Waals surface area (Å²) < 4.78 is 24.8. The highest BCUT2D eigenvalue weighted by Gasteiger charge is 2.23. The van der Waals surface area contributed by atoms with Gasteiger partial charge < -0.3 is 24.8 Å². The van der Waals surface area contributed by atoms with Crippen molar-refractivity contribution < 1.29 is 23.8 Å². The number of β-amino-alcohol motifs (C(OH)–C–C–N with tert-alkyl or cyclic N) is 1. The summed E-state index contributed by atoms with van der Waals surface area (Å²) in [6, 6.07) is 3.68. The van der Waals surface area contributed by atoms with E-state index in [0.717, 1.165) is 25.9 Å². The number of rotatable bonds is 4. The highest BCUT2D eigenvalue weighted by atomic mass is 19.1. The number of carbonyl (C=O) groups excluding carboxylic acids is 1. The summed E-state index contributed by atoms with van der Waals surface area (Å²) in [5.74, 6) is -0.0359. The van der Waals surface area contributed by atoms with Crippen LogP contribution in [0.2, 0.25) is 0 Å². The largest absolute Gasteiger partial charge is 0.489 e. The molecule has 2 N–H and O–H groups in total. The lowest BCUT2D eigenvalue weighted by Crippen LogP contribution is -2.44. The van der Waals surface area contributed by atoms with Crippen LogP contribution < -0.4 is 10.1 Å². The third kappa shape index (κ3) is 4.36. The van der Waals surface area contributed by atoms with Gasteiger partial charge in [-0.25, -0.2) is 9.18 Å². The number of hydrogen-bond donors (Lipinski definition) is 2. The molecule has 7 heteroatoms. The maximum absolute atomic E-state index is 13.6. The van der Waals surface area contributed by atoms with Gasteiger partial charge in [0.15, 0.2) is 0 Å². The fraction of sp³-hybridized carbons (Fsp3) is 0.588. The van der Waals surface area contributed by atoms with E-state index in [4.69, 9.17) is 9.47 Å². The van der Waals surface area contributed by atoms with Crippen molar-refractivity contribution in [3.8, 4) is 5.75 Å². The minimum absolute atomic E-state index is 0.0378. The van der Waals surface area contributed by atoms with E-state index in [1.165, 1.54) is 23.1 Å². The van der Waals surface area contributed by atoms with Gasteiger partial charge in [-0.3, -0.25) is 0 Å². The van der Waals surface area contributed by atoms with Gasteiger partial charge in [-0.05, 0) is 37.8 Å². The monoisotopic (exact) mass is 338 g/mol. The fourth-order valence-corrected chi connectivity index (χ4v) is 3.02. The zero-order chi connectivity index (χ0) is 16.9. The molecule has 0 aliphatic carbocycles. The molecule has 0 saturated carbocycles. The lowest BCUT2D eigenvalue weighted by atomic mass is 10.1. The van der Waals surface area contributed by atoms with Crippen LogP contribution in [0.15, 0.2) is 18.2 Å². The van der Waals surface area contributed by atoms with E-state index in [-0.39, 0.29) is 24.4 Å². The Morgan fingerprint density at radius 1 is 1.42 bits per heavy atom. The van der Waals surface area contributed by atoms with Crippen molar-refractivity contribution in [1.82, 2.24) is 4.90 Å². The Balaban J connectivity index is 1.64. The van der Waals surface area contributed by atoms with Crippen molar-refractivity contribution in [2.24, 2.45) is 0 Å². The Bertz CT molecular complexity index is 578. The molecule has 132 valence electrons. The average Bonchev–Trinajstić information content (AvgIpc) is 3.07. The molecule has 24 heavy (non-hydrogen) atoms. The van der Waals surface area contributed by atoms with Crippen LogP contribution in [0.4, 0.5) is 14.9 Å². The summed E-state index contributed by atoms with van der Waals surface area (Å²) in [7, 11) is 0. The number of urea groups is 1. The van der Waals surface area contributed by atoms with Crippen LogP contribution in [0.3, 0.4) is 0 Å². The molecule has 0 unspecified atom stereocenters. The van der Waals surface area contributed by atoms with E-state index >= 15 is 0 Å². The first-order chi connectivity index (χ1) is 11.6. The smallest absolute Gasteiger partial charge is 0.322 e. The van der Waals surface area contributed by atoms with Gasteiger partial charge in [-0.2, -0.15) is 0 Å². The van der Waals surface area contributed by atoms with Gasteiger partial charge in [-0.1, -0.05) is 0 Å². The molecule has 0 bridgehead atoms. The molecular formula is C17H23FN2O4. The number of anilines is 1. The minimum atomic E-state index is -0.507. The Morgan fingerprint density at radius 2 is 2.29 bits per heavy atom. The molecule has 2 aliphatic rings. The number of aliphatic hydroxyl groups is 1. The molecule has 0 spiro atoms. The zero-order valence-electron chi connectivity index (χ0n) is 13.5. The molecule has 3 rings (SSSR count). The van der Waals surface area contributed by atoms with Crippen molar-refractivity contribution in [2.45, 2.75) is 37.9 Å². The summed E-state index contributed by atoms with van der Waals surface area (Å²) in [4.78, 5) is 13.9. The van der Waals surface area contributed by atoms with E-state index in [1.807, 2.05) is 0 Å². The Morgan fingerprint density at radius 3 is 3.04 bits per heavy atom. The third-order valence-corrected chi connectivity index (χ3v) is 4.32. The second-order valence-electron chi connectivity index (χ2n) is 6.26. The van der Waals surface area contributed by atoms with Crippen molar-refractivity contribution in [2.75, 3.05) is 31.6 Å². The fourth-order valence-electron chi connectivity index (χ4n) is 3.02. The van der Waals surface area contributed by atoms with Gasteiger partial charge in [0.1, 0.15) is 18.2 Å². The lowest BCUT2D eigenvalue weighted by molar-refractivity contribution is 0.0681. The molecule has 2 fully saturated rings. The summed E-state index contributed by atoms with van der Waals surface area (Å²) >= 11 is 0. The number of likely N-dealkylation sites (tertiary alicyclic amines) is 1. The molecular weight excluding hydrogens is 315 g/mol. The topological polar surface area (TPSA) is 71.0 Å².